The highest BCUT2D eigenvalue weighted by molar-refractivity contribution is 6.05. The Morgan fingerprint density at radius 3 is 2.52 bits per heavy atom. The topological polar surface area (TPSA) is 109 Å². The third-order valence-corrected chi connectivity index (χ3v) is 5.05. The number of nitrogens with zero attached hydrogens (tertiary/aromatic N) is 1. The van der Waals surface area contributed by atoms with Crippen molar-refractivity contribution < 1.29 is 33.4 Å². The van der Waals surface area contributed by atoms with E-state index in [1.807, 2.05) is 0 Å². The zero-order valence-electron chi connectivity index (χ0n) is 16.8. The van der Waals surface area contributed by atoms with Crippen LogP contribution in [0.1, 0.15) is 28.5 Å². The van der Waals surface area contributed by atoms with Crippen LogP contribution in [0.2, 0.25) is 0 Å². The van der Waals surface area contributed by atoms with Crippen LogP contribution in [-0.4, -0.2) is 39.1 Å². The SMILES string of the molecule is Cc1c(CC(=O)NCC(C)C(=O)O)c2c(F)c(O)ccc2n1C(=O)c1cccc(F)c1. The van der Waals surface area contributed by atoms with E-state index in [2.05, 4.69) is 5.32 Å². The molecule has 0 saturated carbocycles. The molecule has 1 aromatic heterocycles. The smallest absolute Gasteiger partial charge is 0.308 e. The van der Waals surface area contributed by atoms with Gasteiger partial charge in [0.2, 0.25) is 5.91 Å². The van der Waals surface area contributed by atoms with Crippen molar-refractivity contribution in [1.82, 2.24) is 9.88 Å². The molecule has 0 aliphatic heterocycles. The average molecular weight is 430 g/mol. The largest absolute Gasteiger partial charge is 0.505 e. The van der Waals surface area contributed by atoms with E-state index in [1.54, 1.807) is 0 Å². The van der Waals surface area contributed by atoms with Gasteiger partial charge < -0.3 is 15.5 Å². The Morgan fingerprint density at radius 2 is 1.87 bits per heavy atom. The van der Waals surface area contributed by atoms with Crippen LogP contribution in [0, 0.1) is 24.5 Å². The predicted molar refractivity (Wildman–Crippen MR) is 108 cm³/mol. The van der Waals surface area contributed by atoms with E-state index >= 15 is 0 Å². The summed E-state index contributed by atoms with van der Waals surface area (Å²) in [7, 11) is 0. The minimum Gasteiger partial charge on any atom is -0.505 e. The first-order chi connectivity index (χ1) is 14.6. The van der Waals surface area contributed by atoms with Crippen molar-refractivity contribution in [3.05, 3.63) is 64.9 Å². The number of hydrogen-bond donors (Lipinski definition) is 3. The van der Waals surface area contributed by atoms with Crippen molar-refractivity contribution in [2.24, 2.45) is 5.92 Å². The Kier molecular flexibility index (Phi) is 6.05. The van der Waals surface area contributed by atoms with Crippen molar-refractivity contribution in [1.29, 1.82) is 0 Å². The lowest BCUT2D eigenvalue weighted by atomic mass is 10.1. The number of aliphatic carboxylic acids is 1. The molecule has 2 aromatic carbocycles. The molecule has 1 atom stereocenters. The van der Waals surface area contributed by atoms with Crippen molar-refractivity contribution in [2.75, 3.05) is 6.54 Å². The molecule has 0 aliphatic rings. The molecule has 9 heteroatoms. The van der Waals surface area contributed by atoms with Gasteiger partial charge in [-0.15, -0.1) is 0 Å². The van der Waals surface area contributed by atoms with Gasteiger partial charge in [-0.05, 0) is 42.8 Å². The molecule has 162 valence electrons. The fourth-order valence-corrected chi connectivity index (χ4v) is 3.33. The molecule has 0 bridgehead atoms. The monoisotopic (exact) mass is 430 g/mol. The molecular formula is C22H20F2N2O5. The van der Waals surface area contributed by atoms with Crippen molar-refractivity contribution in [2.45, 2.75) is 20.3 Å². The number of halogens is 2. The Hall–Kier alpha value is -3.75. The molecule has 7 nitrogen and oxygen atoms in total. The number of phenols is 1. The number of amides is 1. The summed E-state index contributed by atoms with van der Waals surface area (Å²) in [5, 5.41) is 21.1. The second-order valence-corrected chi connectivity index (χ2v) is 7.23. The Morgan fingerprint density at radius 1 is 1.16 bits per heavy atom. The van der Waals surface area contributed by atoms with Crippen LogP contribution in [0.15, 0.2) is 36.4 Å². The lowest BCUT2D eigenvalue weighted by Crippen LogP contribution is -2.32. The summed E-state index contributed by atoms with van der Waals surface area (Å²) in [6, 6.07) is 7.44. The highest BCUT2D eigenvalue weighted by Crippen LogP contribution is 2.33. The zero-order valence-corrected chi connectivity index (χ0v) is 16.8. The average Bonchev–Trinajstić information content (AvgIpc) is 3.00. The maximum atomic E-state index is 14.8. The summed E-state index contributed by atoms with van der Waals surface area (Å²) < 4.78 is 29.6. The second kappa shape index (κ2) is 8.55. The minimum absolute atomic E-state index is 0.0276. The summed E-state index contributed by atoms with van der Waals surface area (Å²) in [5.41, 5.74) is 0.548. The fourth-order valence-electron chi connectivity index (χ4n) is 3.33. The molecule has 0 radical (unpaired) electrons. The van der Waals surface area contributed by atoms with Gasteiger partial charge in [0, 0.05) is 23.2 Å². The van der Waals surface area contributed by atoms with Gasteiger partial charge in [0.05, 0.1) is 17.9 Å². The fraction of sp³-hybridized carbons (Fsp3) is 0.227. The Balaban J connectivity index is 2.07. The number of carboxylic acids is 1. The third kappa shape index (κ3) is 4.25. The summed E-state index contributed by atoms with van der Waals surface area (Å²) >= 11 is 0. The van der Waals surface area contributed by atoms with Crippen LogP contribution in [0.3, 0.4) is 0 Å². The zero-order chi connectivity index (χ0) is 22.9. The number of carboxylic acid groups (broad SMARTS) is 1. The molecule has 0 aliphatic carbocycles. The number of rotatable bonds is 6. The molecule has 1 amide bonds. The van der Waals surface area contributed by atoms with E-state index < -0.39 is 41.1 Å². The molecule has 0 saturated heterocycles. The molecule has 0 spiro atoms. The van der Waals surface area contributed by atoms with Crippen molar-refractivity contribution in [3.63, 3.8) is 0 Å². The Labute approximate surface area is 175 Å². The lowest BCUT2D eigenvalue weighted by molar-refractivity contribution is -0.141. The van der Waals surface area contributed by atoms with E-state index in [0.29, 0.717) is 0 Å². The van der Waals surface area contributed by atoms with Gasteiger partial charge in [-0.25, -0.2) is 8.78 Å². The maximum absolute atomic E-state index is 14.8. The molecule has 3 N–H and O–H groups in total. The first-order valence-electron chi connectivity index (χ1n) is 9.43. The van der Waals surface area contributed by atoms with Crippen LogP contribution >= 0.6 is 0 Å². The van der Waals surface area contributed by atoms with Crippen LogP contribution in [0.4, 0.5) is 8.78 Å². The van der Waals surface area contributed by atoms with Gasteiger partial charge in [0.15, 0.2) is 11.6 Å². The van der Waals surface area contributed by atoms with E-state index in [0.717, 1.165) is 16.7 Å². The number of aromatic nitrogens is 1. The van der Waals surface area contributed by atoms with Crippen molar-refractivity contribution in [3.8, 4) is 5.75 Å². The highest BCUT2D eigenvalue weighted by atomic mass is 19.1. The molecule has 0 fully saturated rings. The van der Waals surface area contributed by atoms with E-state index in [4.69, 9.17) is 5.11 Å². The number of carbonyl (C=O) groups excluding carboxylic acids is 2. The lowest BCUT2D eigenvalue weighted by Gasteiger charge is -2.09. The highest BCUT2D eigenvalue weighted by Gasteiger charge is 2.25. The van der Waals surface area contributed by atoms with E-state index in [-0.39, 0.29) is 40.7 Å². The van der Waals surface area contributed by atoms with E-state index in [1.165, 1.54) is 38.1 Å². The quantitative estimate of drug-likeness (QED) is 0.557. The molecule has 3 rings (SSSR count). The van der Waals surface area contributed by atoms with Gasteiger partial charge in [-0.2, -0.15) is 0 Å². The van der Waals surface area contributed by atoms with Crippen LogP contribution in [0.5, 0.6) is 5.75 Å². The van der Waals surface area contributed by atoms with Gasteiger partial charge in [0.25, 0.3) is 5.91 Å². The van der Waals surface area contributed by atoms with Gasteiger partial charge in [-0.3, -0.25) is 19.0 Å². The van der Waals surface area contributed by atoms with Gasteiger partial charge in [0.1, 0.15) is 5.82 Å². The molecule has 3 aromatic rings. The normalized spacial score (nSPS) is 12.0. The van der Waals surface area contributed by atoms with Crippen molar-refractivity contribution >= 4 is 28.7 Å². The number of nitrogens with one attached hydrogen (secondary N) is 1. The first kappa shape index (κ1) is 21.9. The molecule has 31 heavy (non-hydrogen) atoms. The summed E-state index contributed by atoms with van der Waals surface area (Å²) in [5.74, 6) is -5.35. The number of fused-ring (bicyclic) bond motifs is 1. The van der Waals surface area contributed by atoms with E-state index in [9.17, 15) is 28.3 Å². The number of aromatic hydroxyl groups is 1. The van der Waals surface area contributed by atoms with Crippen LogP contribution in [0.25, 0.3) is 10.9 Å². The number of hydrogen-bond acceptors (Lipinski definition) is 4. The number of phenolic OH excluding ortho intramolecular Hbond substituents is 1. The van der Waals surface area contributed by atoms with Gasteiger partial charge >= 0.3 is 5.97 Å². The molecule has 1 unspecified atom stereocenters. The second-order valence-electron chi connectivity index (χ2n) is 7.23. The molecule has 1 heterocycles. The van der Waals surface area contributed by atoms with Crippen LogP contribution < -0.4 is 5.32 Å². The molecular weight excluding hydrogens is 410 g/mol. The maximum Gasteiger partial charge on any atom is 0.308 e. The van der Waals surface area contributed by atoms with Crippen LogP contribution in [-0.2, 0) is 16.0 Å². The third-order valence-electron chi connectivity index (χ3n) is 5.05. The number of benzene rings is 2. The summed E-state index contributed by atoms with van der Waals surface area (Å²) in [6.45, 7) is 2.81. The first-order valence-corrected chi connectivity index (χ1v) is 9.43. The summed E-state index contributed by atoms with van der Waals surface area (Å²) in [6.07, 6.45) is -0.349. The number of carbonyl (C=O) groups is 3. The predicted octanol–water partition coefficient (Wildman–Crippen LogP) is 3.00. The van der Waals surface area contributed by atoms with Gasteiger partial charge in [-0.1, -0.05) is 13.0 Å². The Bertz CT molecular complexity index is 1200. The standard InChI is InChI=1S/C22H20F2N2O5/c1-11(22(30)31)10-25-18(28)9-15-12(2)26(16-6-7-17(27)20(24)19(15)16)21(29)13-4-3-5-14(23)8-13/h3-8,11,27H,9-10H2,1-2H3,(H,25,28)(H,30,31). The summed E-state index contributed by atoms with van der Waals surface area (Å²) in [4.78, 5) is 36.4. The minimum atomic E-state index is -1.08.